The van der Waals surface area contributed by atoms with Crippen molar-refractivity contribution in [3.63, 3.8) is 0 Å². The normalized spacial score (nSPS) is 19.9. The van der Waals surface area contributed by atoms with Crippen LogP contribution in [0.25, 0.3) is 22.2 Å². The lowest BCUT2D eigenvalue weighted by Gasteiger charge is -2.22. The van der Waals surface area contributed by atoms with Crippen LogP contribution in [0.2, 0.25) is 0 Å². The third kappa shape index (κ3) is 5.00. The highest BCUT2D eigenvalue weighted by Gasteiger charge is 2.50. The van der Waals surface area contributed by atoms with Crippen molar-refractivity contribution in [1.29, 1.82) is 0 Å². The third-order valence-corrected chi connectivity index (χ3v) is 8.21. The summed E-state index contributed by atoms with van der Waals surface area (Å²) in [6.45, 7) is 1.58. The number of benzene rings is 3. The molecule has 1 aliphatic heterocycles. The number of halogens is 1. The molecule has 0 bridgehead atoms. The number of hydrogen-bond acceptors (Lipinski definition) is 6. The van der Waals surface area contributed by atoms with Gasteiger partial charge in [-0.25, -0.2) is 9.78 Å². The molecule has 1 aromatic heterocycles. The van der Waals surface area contributed by atoms with Gasteiger partial charge in [-0.05, 0) is 48.7 Å². The minimum Gasteiger partial charge on any atom is -0.454 e. The number of ketones is 1. The topological polar surface area (TPSA) is 93.6 Å². The number of nitrogens with zero attached hydrogens (tertiary/aromatic N) is 2. The zero-order valence-corrected chi connectivity index (χ0v) is 23.7. The molecule has 4 aromatic rings. The molecular formula is C33H25BrN2O5. The van der Waals surface area contributed by atoms with Gasteiger partial charge in [-0.2, -0.15) is 0 Å². The lowest BCUT2D eigenvalue weighted by molar-refractivity contribution is -0.122. The van der Waals surface area contributed by atoms with Crippen LogP contribution in [0.15, 0.2) is 95.5 Å². The van der Waals surface area contributed by atoms with E-state index in [0.717, 1.165) is 4.47 Å². The highest BCUT2D eigenvalue weighted by molar-refractivity contribution is 9.10. The predicted octanol–water partition coefficient (Wildman–Crippen LogP) is 6.41. The van der Waals surface area contributed by atoms with Gasteiger partial charge in [0.05, 0.1) is 34.3 Å². The number of imide groups is 1. The summed E-state index contributed by atoms with van der Waals surface area (Å²) < 4.78 is 6.20. The van der Waals surface area contributed by atoms with E-state index in [9.17, 15) is 19.2 Å². The summed E-state index contributed by atoms with van der Waals surface area (Å²) in [5, 5.41) is 0.579. The lowest BCUT2D eigenvalue weighted by atomic mass is 9.78. The Balaban J connectivity index is 1.29. The van der Waals surface area contributed by atoms with Crippen LogP contribution < -0.4 is 4.90 Å². The summed E-state index contributed by atoms with van der Waals surface area (Å²) in [6.07, 6.45) is 4.55. The number of Topliss-reactive ketones (excluding diaryl/α,β-unsaturated/α-hetero) is 1. The van der Waals surface area contributed by atoms with Gasteiger partial charge in [0.25, 0.3) is 0 Å². The van der Waals surface area contributed by atoms with Gasteiger partial charge in [0.15, 0.2) is 12.4 Å². The summed E-state index contributed by atoms with van der Waals surface area (Å²) in [6, 6.07) is 22.7. The van der Waals surface area contributed by atoms with Gasteiger partial charge in [-0.1, -0.05) is 77.5 Å². The first-order valence-corrected chi connectivity index (χ1v) is 14.1. The number of rotatable bonds is 6. The maximum Gasteiger partial charge on any atom is 0.339 e. The zero-order valence-electron chi connectivity index (χ0n) is 22.1. The van der Waals surface area contributed by atoms with Crippen LogP contribution in [0.5, 0.6) is 0 Å². The molecule has 7 nitrogen and oxygen atoms in total. The van der Waals surface area contributed by atoms with E-state index in [2.05, 4.69) is 15.9 Å². The maximum atomic E-state index is 13.2. The average molecular weight is 609 g/mol. The molecule has 0 spiro atoms. The smallest absolute Gasteiger partial charge is 0.339 e. The van der Waals surface area contributed by atoms with Crippen LogP contribution >= 0.6 is 15.9 Å². The number of pyridine rings is 1. The molecule has 2 aliphatic rings. The standard InChI is InChI=1S/C33H25BrN2O5/c1-19-6-5-9-24-30(19)32(39)36(31(24)38)23-13-10-20(11-14-23)28-17-26(25-16-22(34)12-15-27(25)35-28)33(40)41-18-29(37)21-7-3-2-4-8-21/h2-8,10-17,19,24,30H,9,18H2,1H3/t19-,24-,30+/m0/s1. The van der Waals surface area contributed by atoms with Crippen molar-refractivity contribution >= 4 is 56.1 Å². The summed E-state index contributed by atoms with van der Waals surface area (Å²) in [4.78, 5) is 58.1. The molecule has 0 N–H and O–H groups in total. The minimum absolute atomic E-state index is 0.0115. The van der Waals surface area contributed by atoms with E-state index in [0.29, 0.717) is 39.8 Å². The van der Waals surface area contributed by atoms with Crippen LogP contribution in [0.1, 0.15) is 34.1 Å². The van der Waals surface area contributed by atoms with Gasteiger partial charge in [-0.15, -0.1) is 0 Å². The number of anilines is 1. The number of allylic oxidation sites excluding steroid dienone is 2. The van der Waals surface area contributed by atoms with Gasteiger partial charge < -0.3 is 4.74 Å². The van der Waals surface area contributed by atoms with Gasteiger partial charge in [0, 0.05) is 21.0 Å². The van der Waals surface area contributed by atoms with Gasteiger partial charge in [0.1, 0.15) is 0 Å². The summed E-state index contributed by atoms with van der Waals surface area (Å²) in [5.74, 6) is -1.94. The molecule has 0 unspecified atom stereocenters. The van der Waals surface area contributed by atoms with Crippen molar-refractivity contribution in [3.8, 4) is 11.3 Å². The molecule has 1 fully saturated rings. The molecule has 6 rings (SSSR count). The lowest BCUT2D eigenvalue weighted by Crippen LogP contribution is -2.31. The van der Waals surface area contributed by atoms with E-state index >= 15 is 0 Å². The Morgan fingerprint density at radius 2 is 1.73 bits per heavy atom. The molecule has 2 amide bonds. The van der Waals surface area contributed by atoms with Crippen LogP contribution in [0.4, 0.5) is 5.69 Å². The third-order valence-electron chi connectivity index (χ3n) is 7.71. The number of amides is 2. The second kappa shape index (κ2) is 10.9. The highest BCUT2D eigenvalue weighted by Crippen LogP contribution is 2.40. The maximum absolute atomic E-state index is 13.2. The Morgan fingerprint density at radius 3 is 2.46 bits per heavy atom. The van der Waals surface area contributed by atoms with E-state index in [1.54, 1.807) is 66.7 Å². The van der Waals surface area contributed by atoms with Crippen molar-refractivity contribution in [2.45, 2.75) is 13.3 Å². The van der Waals surface area contributed by atoms with E-state index in [4.69, 9.17) is 9.72 Å². The second-order valence-corrected chi connectivity index (χ2v) is 11.2. The number of hydrogen-bond donors (Lipinski definition) is 0. The van der Waals surface area contributed by atoms with Crippen molar-refractivity contribution in [2.24, 2.45) is 17.8 Å². The molecule has 8 heteroatoms. The van der Waals surface area contributed by atoms with E-state index in [-0.39, 0.29) is 40.9 Å². The molecule has 3 aromatic carbocycles. The van der Waals surface area contributed by atoms with Crippen molar-refractivity contribution in [3.05, 3.63) is 107 Å². The first-order valence-electron chi connectivity index (χ1n) is 13.3. The van der Waals surface area contributed by atoms with E-state index < -0.39 is 12.6 Å². The Kier molecular flexibility index (Phi) is 7.09. The molecule has 0 radical (unpaired) electrons. The van der Waals surface area contributed by atoms with E-state index in [1.807, 2.05) is 31.2 Å². The number of esters is 1. The van der Waals surface area contributed by atoms with Crippen molar-refractivity contribution in [1.82, 2.24) is 4.98 Å². The quantitative estimate of drug-likeness (QED) is 0.109. The zero-order chi connectivity index (χ0) is 28.7. The SMILES string of the molecule is C[C@H]1C=CC[C@@H]2C(=O)N(c3ccc(-c4cc(C(=O)OCC(=O)c5ccccc5)c5cc(Br)ccc5n4)cc3)C(=O)[C@@H]21. The molecule has 1 saturated heterocycles. The van der Waals surface area contributed by atoms with Crippen LogP contribution in [-0.4, -0.2) is 35.2 Å². The molecular weight excluding hydrogens is 584 g/mol. The van der Waals surface area contributed by atoms with Gasteiger partial charge in [0.2, 0.25) is 11.8 Å². The van der Waals surface area contributed by atoms with E-state index in [1.165, 1.54) is 4.90 Å². The second-order valence-electron chi connectivity index (χ2n) is 10.3. The Bertz CT molecular complexity index is 1730. The molecule has 41 heavy (non-hydrogen) atoms. The minimum atomic E-state index is -0.642. The number of carbonyl (C=O) groups excluding carboxylic acids is 4. The Labute approximate surface area is 245 Å². The fourth-order valence-electron chi connectivity index (χ4n) is 5.61. The molecule has 1 aliphatic carbocycles. The largest absolute Gasteiger partial charge is 0.454 e. The fourth-order valence-corrected chi connectivity index (χ4v) is 5.98. The number of carbonyl (C=O) groups is 4. The number of ether oxygens (including phenoxy) is 1. The first kappa shape index (κ1) is 26.8. The van der Waals surface area contributed by atoms with Crippen molar-refractivity contribution in [2.75, 3.05) is 11.5 Å². The van der Waals surface area contributed by atoms with Crippen LogP contribution in [0, 0.1) is 17.8 Å². The molecule has 204 valence electrons. The number of aromatic nitrogens is 1. The summed E-state index contributed by atoms with van der Waals surface area (Å²) >= 11 is 3.45. The van der Waals surface area contributed by atoms with Crippen molar-refractivity contribution < 1.29 is 23.9 Å². The molecule has 3 atom stereocenters. The average Bonchev–Trinajstić information content (AvgIpc) is 3.25. The molecule has 2 heterocycles. The Morgan fingerprint density at radius 1 is 0.976 bits per heavy atom. The van der Waals surface area contributed by atoms with Crippen LogP contribution in [-0.2, 0) is 14.3 Å². The Hall–Kier alpha value is -4.43. The molecule has 0 saturated carbocycles. The monoisotopic (exact) mass is 608 g/mol. The predicted molar refractivity (Wildman–Crippen MR) is 158 cm³/mol. The fraction of sp³-hybridized carbons (Fsp3) is 0.182. The van der Waals surface area contributed by atoms with Gasteiger partial charge in [-0.3, -0.25) is 19.3 Å². The highest BCUT2D eigenvalue weighted by atomic mass is 79.9. The van der Waals surface area contributed by atoms with Crippen LogP contribution in [0.3, 0.4) is 0 Å². The summed E-state index contributed by atoms with van der Waals surface area (Å²) in [5.41, 5.74) is 3.02. The van der Waals surface area contributed by atoms with Gasteiger partial charge >= 0.3 is 5.97 Å². The summed E-state index contributed by atoms with van der Waals surface area (Å²) in [7, 11) is 0. The number of fused-ring (bicyclic) bond motifs is 2. The first-order chi connectivity index (χ1) is 19.8.